The van der Waals surface area contributed by atoms with E-state index in [1.54, 1.807) is 50.2 Å². The van der Waals surface area contributed by atoms with Gasteiger partial charge in [-0.15, -0.1) is 0 Å². The molecule has 2 aromatic carbocycles. The molecule has 0 fully saturated rings. The van der Waals surface area contributed by atoms with Crippen LogP contribution in [-0.4, -0.2) is 36.2 Å². The fraction of sp³-hybridized carbons (Fsp3) is 0.318. The van der Waals surface area contributed by atoms with Gasteiger partial charge in [-0.05, 0) is 43.2 Å². The second-order valence-electron chi connectivity index (χ2n) is 6.64. The maximum Gasteiger partial charge on any atom is 0.335 e. The average molecular weight is 444 g/mol. The third kappa shape index (κ3) is 7.04. The van der Waals surface area contributed by atoms with Gasteiger partial charge < -0.3 is 19.5 Å². The summed E-state index contributed by atoms with van der Waals surface area (Å²) in [5.41, 5.74) is 1.82. The Bertz CT molecular complexity index is 990. The molecule has 1 atom stereocenters. The fourth-order valence-electron chi connectivity index (χ4n) is 2.98. The van der Waals surface area contributed by atoms with Gasteiger partial charge in [-0.2, -0.15) is 5.26 Å². The molecule has 0 spiro atoms. The SMILES string of the molecule is CCOP(=O)(Cc1ccc(C(=O)N[C@H](Cc2ccccc2C#N)C(=O)O)cc1)OCC. The highest BCUT2D eigenvalue weighted by molar-refractivity contribution is 7.53. The van der Waals surface area contributed by atoms with Crippen molar-refractivity contribution in [3.8, 4) is 6.07 Å². The Labute approximate surface area is 181 Å². The summed E-state index contributed by atoms with van der Waals surface area (Å²) in [7, 11) is -3.27. The van der Waals surface area contributed by atoms with Crippen molar-refractivity contribution < 1.29 is 28.3 Å². The van der Waals surface area contributed by atoms with Gasteiger partial charge in [0, 0.05) is 12.0 Å². The molecule has 1 amide bonds. The number of rotatable bonds is 11. The molecule has 0 radical (unpaired) electrons. The molecule has 0 saturated heterocycles. The van der Waals surface area contributed by atoms with Gasteiger partial charge in [-0.25, -0.2) is 4.79 Å². The van der Waals surface area contributed by atoms with Gasteiger partial charge in [0.05, 0.1) is 31.0 Å². The van der Waals surface area contributed by atoms with Crippen molar-refractivity contribution in [1.82, 2.24) is 5.32 Å². The van der Waals surface area contributed by atoms with E-state index in [1.165, 1.54) is 12.1 Å². The summed E-state index contributed by atoms with van der Waals surface area (Å²) in [6.45, 7) is 3.96. The Balaban J connectivity index is 2.10. The summed E-state index contributed by atoms with van der Waals surface area (Å²) < 4.78 is 23.2. The number of benzene rings is 2. The Morgan fingerprint density at radius 2 is 1.71 bits per heavy atom. The molecule has 0 aliphatic carbocycles. The number of nitriles is 1. The zero-order chi connectivity index (χ0) is 22.9. The van der Waals surface area contributed by atoms with Crippen LogP contribution in [0.3, 0.4) is 0 Å². The quantitative estimate of drug-likeness (QED) is 0.506. The molecule has 0 bridgehead atoms. The third-order valence-corrected chi connectivity index (χ3v) is 6.46. The number of carboxylic acid groups (broad SMARTS) is 1. The first kappa shape index (κ1) is 24.3. The number of nitrogens with zero attached hydrogens (tertiary/aromatic N) is 1. The zero-order valence-electron chi connectivity index (χ0n) is 17.4. The van der Waals surface area contributed by atoms with Crippen LogP contribution < -0.4 is 5.32 Å². The average Bonchev–Trinajstić information content (AvgIpc) is 2.74. The van der Waals surface area contributed by atoms with Crippen LogP contribution in [0.1, 0.15) is 40.9 Å². The van der Waals surface area contributed by atoms with Crippen LogP contribution in [0, 0.1) is 11.3 Å². The van der Waals surface area contributed by atoms with Crippen molar-refractivity contribution in [3.63, 3.8) is 0 Å². The number of amides is 1. The van der Waals surface area contributed by atoms with Gasteiger partial charge in [0.15, 0.2) is 0 Å². The van der Waals surface area contributed by atoms with Crippen LogP contribution in [0.5, 0.6) is 0 Å². The van der Waals surface area contributed by atoms with Gasteiger partial charge >= 0.3 is 13.6 Å². The van der Waals surface area contributed by atoms with Gasteiger partial charge in [0.25, 0.3) is 5.91 Å². The second kappa shape index (κ2) is 11.4. The molecule has 0 aliphatic heterocycles. The Morgan fingerprint density at radius 3 is 2.26 bits per heavy atom. The molecule has 2 aromatic rings. The van der Waals surface area contributed by atoms with E-state index in [0.717, 1.165) is 0 Å². The molecule has 164 valence electrons. The molecule has 0 aromatic heterocycles. The first-order valence-electron chi connectivity index (χ1n) is 9.80. The van der Waals surface area contributed by atoms with Crippen molar-refractivity contribution >= 4 is 19.5 Å². The normalized spacial score (nSPS) is 12.0. The molecule has 0 aliphatic rings. The summed E-state index contributed by atoms with van der Waals surface area (Å²) in [6, 6.07) is 13.8. The molecule has 0 heterocycles. The Morgan fingerprint density at radius 1 is 1.10 bits per heavy atom. The molecular formula is C22H25N2O6P. The van der Waals surface area contributed by atoms with E-state index in [1.807, 2.05) is 6.07 Å². The molecule has 0 saturated carbocycles. The summed E-state index contributed by atoms with van der Waals surface area (Å²) in [5.74, 6) is -1.77. The highest BCUT2D eigenvalue weighted by Gasteiger charge is 2.25. The molecule has 2 rings (SSSR count). The number of aliphatic carboxylic acids is 1. The lowest BCUT2D eigenvalue weighted by Crippen LogP contribution is -2.42. The predicted molar refractivity (Wildman–Crippen MR) is 115 cm³/mol. The molecule has 9 heteroatoms. The number of carbonyl (C=O) groups excluding carboxylic acids is 1. The highest BCUT2D eigenvalue weighted by Crippen LogP contribution is 2.51. The smallest absolute Gasteiger partial charge is 0.335 e. The van der Waals surface area contributed by atoms with Crippen molar-refractivity contribution in [2.24, 2.45) is 0 Å². The van der Waals surface area contributed by atoms with Gasteiger partial charge in [0.1, 0.15) is 6.04 Å². The van der Waals surface area contributed by atoms with Crippen molar-refractivity contribution in [1.29, 1.82) is 5.26 Å². The lowest BCUT2D eigenvalue weighted by atomic mass is 10.0. The van der Waals surface area contributed by atoms with Crippen LogP contribution in [0.15, 0.2) is 48.5 Å². The molecule has 8 nitrogen and oxygen atoms in total. The maximum absolute atomic E-state index is 12.6. The molecule has 31 heavy (non-hydrogen) atoms. The van der Waals surface area contributed by atoms with Crippen LogP contribution >= 0.6 is 7.60 Å². The zero-order valence-corrected chi connectivity index (χ0v) is 18.3. The Kier molecular flexibility index (Phi) is 8.95. The lowest BCUT2D eigenvalue weighted by Gasteiger charge is -2.17. The maximum atomic E-state index is 12.6. The number of hydrogen-bond donors (Lipinski definition) is 2. The number of nitrogens with one attached hydrogen (secondary N) is 1. The Hall–Kier alpha value is -2.98. The fourth-order valence-corrected chi connectivity index (χ4v) is 4.68. The standard InChI is InChI=1S/C22H25N2O6P/c1-3-29-31(28,30-4-2)15-16-9-11-17(12-10-16)21(25)24-20(22(26)27)13-18-7-5-6-8-19(18)14-23/h5-12,20H,3-4,13,15H2,1-2H3,(H,24,25)(H,26,27)/t20-/m1/s1. The van der Waals surface area contributed by atoms with Crippen LogP contribution in [0.2, 0.25) is 0 Å². The molecular weight excluding hydrogens is 419 g/mol. The monoisotopic (exact) mass is 444 g/mol. The van der Waals surface area contributed by atoms with E-state index in [0.29, 0.717) is 16.7 Å². The lowest BCUT2D eigenvalue weighted by molar-refractivity contribution is -0.139. The van der Waals surface area contributed by atoms with E-state index in [-0.39, 0.29) is 31.4 Å². The van der Waals surface area contributed by atoms with Crippen LogP contribution in [-0.2, 0) is 31.0 Å². The number of hydrogen-bond acceptors (Lipinski definition) is 6. The summed E-state index contributed by atoms with van der Waals surface area (Å²) in [5, 5.41) is 21.2. The van der Waals surface area contributed by atoms with Gasteiger partial charge in [-0.1, -0.05) is 30.3 Å². The van der Waals surface area contributed by atoms with Gasteiger partial charge in [0.2, 0.25) is 0 Å². The first-order chi connectivity index (χ1) is 14.8. The summed E-state index contributed by atoms with van der Waals surface area (Å²) >= 11 is 0. The molecule has 0 unspecified atom stereocenters. The van der Waals surface area contributed by atoms with E-state index < -0.39 is 25.5 Å². The molecule has 2 N–H and O–H groups in total. The van der Waals surface area contributed by atoms with Crippen LogP contribution in [0.4, 0.5) is 0 Å². The van der Waals surface area contributed by atoms with Crippen molar-refractivity contribution in [2.75, 3.05) is 13.2 Å². The van der Waals surface area contributed by atoms with Crippen molar-refractivity contribution in [3.05, 3.63) is 70.8 Å². The van der Waals surface area contributed by atoms with Crippen molar-refractivity contribution in [2.45, 2.75) is 32.5 Å². The topological polar surface area (TPSA) is 126 Å². The van der Waals surface area contributed by atoms with E-state index in [9.17, 15) is 24.5 Å². The second-order valence-corrected chi connectivity index (χ2v) is 8.69. The summed E-state index contributed by atoms with van der Waals surface area (Å²) in [4.78, 5) is 24.2. The number of carboxylic acids is 1. The third-order valence-electron chi connectivity index (χ3n) is 4.41. The van der Waals surface area contributed by atoms with Crippen LogP contribution in [0.25, 0.3) is 0 Å². The number of carbonyl (C=O) groups is 2. The van der Waals surface area contributed by atoms with Gasteiger partial charge in [-0.3, -0.25) is 9.36 Å². The van der Waals surface area contributed by atoms with E-state index >= 15 is 0 Å². The minimum Gasteiger partial charge on any atom is -0.480 e. The summed E-state index contributed by atoms with van der Waals surface area (Å²) in [6.07, 6.45) is 0.0497. The minimum atomic E-state index is -3.27. The minimum absolute atomic E-state index is 0.0191. The first-order valence-corrected chi connectivity index (χ1v) is 11.5. The highest BCUT2D eigenvalue weighted by atomic mass is 31.2. The predicted octanol–water partition coefficient (Wildman–Crippen LogP) is 3.75. The van der Waals surface area contributed by atoms with E-state index in [2.05, 4.69) is 5.32 Å². The van der Waals surface area contributed by atoms with E-state index in [4.69, 9.17) is 9.05 Å². The largest absolute Gasteiger partial charge is 0.480 e.